The lowest BCUT2D eigenvalue weighted by Gasteiger charge is -2.24. The lowest BCUT2D eigenvalue weighted by atomic mass is 10.2. The lowest BCUT2D eigenvalue weighted by molar-refractivity contribution is -0.119. The molecule has 2 aromatic rings. The van der Waals surface area contributed by atoms with E-state index >= 15 is 0 Å². The lowest BCUT2D eigenvalue weighted by Crippen LogP contribution is -2.45. The third-order valence-corrected chi connectivity index (χ3v) is 4.45. The fraction of sp³-hybridized carbons (Fsp3) is 0.263. The Morgan fingerprint density at radius 3 is 2.56 bits per heavy atom. The number of hydrogen-bond donors (Lipinski definition) is 2. The highest BCUT2D eigenvalue weighted by Gasteiger charge is 2.34. The van der Waals surface area contributed by atoms with Crippen LogP contribution in [0, 0.1) is 6.92 Å². The fourth-order valence-corrected chi connectivity index (χ4v) is 3.10. The molecule has 2 aromatic carbocycles. The van der Waals surface area contributed by atoms with E-state index in [9.17, 15) is 9.59 Å². The Morgan fingerprint density at radius 1 is 1.08 bits per heavy atom. The molecule has 1 saturated heterocycles. The summed E-state index contributed by atoms with van der Waals surface area (Å²) in [5, 5.41) is 6.24. The van der Waals surface area contributed by atoms with E-state index in [0.29, 0.717) is 23.7 Å². The molecule has 6 heteroatoms. The second kappa shape index (κ2) is 7.57. The van der Waals surface area contributed by atoms with Crippen LogP contribution in [0.25, 0.3) is 0 Å². The first-order valence-corrected chi connectivity index (χ1v) is 8.61. The Balaban J connectivity index is 1.65. The largest absolute Gasteiger partial charge is 0.324 e. The number of likely N-dealkylation sites (tertiary alicyclic amines) is 1. The van der Waals surface area contributed by atoms with Crippen LogP contribution < -0.4 is 10.6 Å². The minimum atomic E-state index is -0.472. The molecule has 0 aromatic heterocycles. The van der Waals surface area contributed by atoms with E-state index in [1.54, 1.807) is 29.2 Å². The van der Waals surface area contributed by atoms with Crippen molar-refractivity contribution >= 4 is 34.9 Å². The van der Waals surface area contributed by atoms with E-state index < -0.39 is 6.04 Å². The molecule has 0 spiro atoms. The zero-order valence-corrected chi connectivity index (χ0v) is 14.7. The normalized spacial score (nSPS) is 16.6. The molecule has 1 aliphatic rings. The van der Waals surface area contributed by atoms with Crippen LogP contribution in [0.2, 0.25) is 5.02 Å². The highest BCUT2D eigenvalue weighted by atomic mass is 35.5. The van der Waals surface area contributed by atoms with Gasteiger partial charge in [-0.1, -0.05) is 35.4 Å². The molecular formula is C19H20ClN3O2. The van der Waals surface area contributed by atoms with Crippen molar-refractivity contribution in [2.24, 2.45) is 0 Å². The van der Waals surface area contributed by atoms with Gasteiger partial charge in [0, 0.05) is 22.9 Å². The van der Waals surface area contributed by atoms with Crippen LogP contribution >= 0.6 is 11.6 Å². The van der Waals surface area contributed by atoms with E-state index in [4.69, 9.17) is 11.6 Å². The summed E-state index contributed by atoms with van der Waals surface area (Å²) in [7, 11) is 0. The van der Waals surface area contributed by atoms with Gasteiger partial charge in [-0.15, -0.1) is 0 Å². The Labute approximate surface area is 152 Å². The number of benzene rings is 2. The average molecular weight is 358 g/mol. The summed E-state index contributed by atoms with van der Waals surface area (Å²) >= 11 is 5.94. The molecular weight excluding hydrogens is 338 g/mol. The van der Waals surface area contributed by atoms with Crippen molar-refractivity contribution < 1.29 is 9.59 Å². The van der Waals surface area contributed by atoms with E-state index in [2.05, 4.69) is 10.6 Å². The number of amides is 3. The van der Waals surface area contributed by atoms with Crippen molar-refractivity contribution in [3.8, 4) is 0 Å². The van der Waals surface area contributed by atoms with Gasteiger partial charge in [0.15, 0.2) is 0 Å². The van der Waals surface area contributed by atoms with Gasteiger partial charge < -0.3 is 15.5 Å². The molecule has 1 aliphatic heterocycles. The Bertz CT molecular complexity index is 776. The van der Waals surface area contributed by atoms with Crippen LogP contribution in [0.4, 0.5) is 16.2 Å². The van der Waals surface area contributed by atoms with Gasteiger partial charge in [-0.2, -0.15) is 0 Å². The maximum atomic E-state index is 12.6. The summed E-state index contributed by atoms with van der Waals surface area (Å²) in [6.07, 6.45) is 1.45. The van der Waals surface area contributed by atoms with E-state index in [-0.39, 0.29) is 11.9 Å². The zero-order chi connectivity index (χ0) is 17.8. The summed E-state index contributed by atoms with van der Waals surface area (Å²) in [6.45, 7) is 2.54. The summed E-state index contributed by atoms with van der Waals surface area (Å²) in [5.41, 5.74) is 2.47. The first kappa shape index (κ1) is 17.3. The minimum Gasteiger partial charge on any atom is -0.324 e. The summed E-state index contributed by atoms with van der Waals surface area (Å²) in [6, 6.07) is 13.8. The highest BCUT2D eigenvalue weighted by Crippen LogP contribution is 2.22. The number of carbonyl (C=O) groups excluding carboxylic acids is 2. The molecule has 0 saturated carbocycles. The van der Waals surface area contributed by atoms with Crippen molar-refractivity contribution in [3.05, 3.63) is 59.1 Å². The Hall–Kier alpha value is -2.53. The maximum absolute atomic E-state index is 12.6. The third kappa shape index (κ3) is 4.31. The smallest absolute Gasteiger partial charge is 0.322 e. The van der Waals surface area contributed by atoms with Gasteiger partial charge in [0.2, 0.25) is 5.91 Å². The molecule has 25 heavy (non-hydrogen) atoms. The number of aryl methyl sites for hydroxylation is 1. The predicted molar refractivity (Wildman–Crippen MR) is 100 cm³/mol. The molecule has 130 valence electrons. The van der Waals surface area contributed by atoms with Crippen LogP contribution in [0.3, 0.4) is 0 Å². The molecule has 3 amide bonds. The van der Waals surface area contributed by atoms with Gasteiger partial charge in [0.05, 0.1) is 0 Å². The molecule has 0 aliphatic carbocycles. The van der Waals surface area contributed by atoms with E-state index in [1.807, 2.05) is 31.2 Å². The number of nitrogens with zero attached hydrogens (tertiary/aromatic N) is 1. The van der Waals surface area contributed by atoms with Crippen LogP contribution in [0.1, 0.15) is 18.4 Å². The number of carbonyl (C=O) groups is 2. The number of halogens is 1. The van der Waals surface area contributed by atoms with Gasteiger partial charge in [-0.05, 0) is 50.1 Å². The minimum absolute atomic E-state index is 0.164. The Kier molecular flexibility index (Phi) is 5.24. The maximum Gasteiger partial charge on any atom is 0.322 e. The van der Waals surface area contributed by atoms with Crippen molar-refractivity contribution in [2.45, 2.75) is 25.8 Å². The van der Waals surface area contributed by atoms with Gasteiger partial charge in [0.1, 0.15) is 6.04 Å². The quantitative estimate of drug-likeness (QED) is 0.861. The molecule has 5 nitrogen and oxygen atoms in total. The van der Waals surface area contributed by atoms with Crippen molar-refractivity contribution in [3.63, 3.8) is 0 Å². The van der Waals surface area contributed by atoms with E-state index in [1.165, 1.54) is 0 Å². The van der Waals surface area contributed by atoms with Crippen LogP contribution in [-0.4, -0.2) is 29.4 Å². The van der Waals surface area contributed by atoms with Crippen LogP contribution in [0.15, 0.2) is 48.5 Å². The SMILES string of the molecule is Cc1ccc(NC(=O)[C@@H]2CCCN2C(=O)Nc2cccc(Cl)c2)cc1. The van der Waals surface area contributed by atoms with Gasteiger partial charge >= 0.3 is 6.03 Å². The van der Waals surface area contributed by atoms with Gasteiger partial charge in [0.25, 0.3) is 0 Å². The molecule has 0 unspecified atom stereocenters. The van der Waals surface area contributed by atoms with Crippen molar-refractivity contribution in [1.29, 1.82) is 0 Å². The summed E-state index contributed by atoms with van der Waals surface area (Å²) in [5.74, 6) is -0.164. The number of urea groups is 1. The first-order valence-electron chi connectivity index (χ1n) is 8.23. The zero-order valence-electron chi connectivity index (χ0n) is 14.0. The molecule has 1 atom stereocenters. The Morgan fingerprint density at radius 2 is 1.84 bits per heavy atom. The third-order valence-electron chi connectivity index (χ3n) is 4.21. The molecule has 0 bridgehead atoms. The van der Waals surface area contributed by atoms with Crippen LogP contribution in [0.5, 0.6) is 0 Å². The number of nitrogens with one attached hydrogen (secondary N) is 2. The fourth-order valence-electron chi connectivity index (χ4n) is 2.91. The van der Waals surface area contributed by atoms with Gasteiger partial charge in [-0.25, -0.2) is 4.79 Å². The number of hydrogen-bond acceptors (Lipinski definition) is 2. The predicted octanol–water partition coefficient (Wildman–Crippen LogP) is 4.28. The molecule has 1 fully saturated rings. The van der Waals surface area contributed by atoms with E-state index in [0.717, 1.165) is 17.7 Å². The number of rotatable bonds is 3. The van der Waals surface area contributed by atoms with Crippen LogP contribution in [-0.2, 0) is 4.79 Å². The topological polar surface area (TPSA) is 61.4 Å². The number of anilines is 2. The first-order chi connectivity index (χ1) is 12.0. The molecule has 2 N–H and O–H groups in total. The summed E-state index contributed by atoms with van der Waals surface area (Å²) < 4.78 is 0. The second-order valence-electron chi connectivity index (χ2n) is 6.15. The standard InChI is InChI=1S/C19H20ClN3O2/c1-13-7-9-15(10-8-13)21-18(24)17-6-3-11-23(17)19(25)22-16-5-2-4-14(20)12-16/h2,4-5,7-10,12,17H,3,6,11H2,1H3,(H,21,24)(H,22,25)/t17-/m0/s1. The van der Waals surface area contributed by atoms with Crippen molar-refractivity contribution in [1.82, 2.24) is 4.90 Å². The molecule has 0 radical (unpaired) electrons. The van der Waals surface area contributed by atoms with Gasteiger partial charge in [-0.3, -0.25) is 4.79 Å². The average Bonchev–Trinajstić information content (AvgIpc) is 3.07. The molecule has 1 heterocycles. The summed E-state index contributed by atoms with van der Waals surface area (Å²) in [4.78, 5) is 26.7. The molecule has 3 rings (SSSR count). The van der Waals surface area contributed by atoms with Crippen molar-refractivity contribution in [2.75, 3.05) is 17.2 Å². The second-order valence-corrected chi connectivity index (χ2v) is 6.58. The monoisotopic (exact) mass is 357 g/mol. The highest BCUT2D eigenvalue weighted by molar-refractivity contribution is 6.30.